The number of aliphatic hydroxyl groups excluding tert-OH is 1. The molecule has 1 unspecified atom stereocenters. The fourth-order valence-electron chi connectivity index (χ4n) is 4.14. The molecule has 1 aliphatic heterocycles. The molecule has 1 N–H and O–H groups in total. The average Bonchev–Trinajstić information content (AvgIpc) is 3.04. The van der Waals surface area contributed by atoms with E-state index in [9.17, 15) is 14.7 Å². The van der Waals surface area contributed by atoms with Crippen molar-refractivity contribution < 1.29 is 19.4 Å². The highest BCUT2D eigenvalue weighted by Crippen LogP contribution is 2.42. The van der Waals surface area contributed by atoms with Gasteiger partial charge in [0.15, 0.2) is 0 Å². The third-order valence-electron chi connectivity index (χ3n) is 5.78. The van der Waals surface area contributed by atoms with E-state index in [0.29, 0.717) is 17.0 Å². The van der Waals surface area contributed by atoms with Crippen LogP contribution in [0.25, 0.3) is 5.76 Å². The molecule has 0 spiro atoms. The van der Waals surface area contributed by atoms with Crippen LogP contribution >= 0.6 is 0 Å². The maximum atomic E-state index is 13.2. The first kappa shape index (κ1) is 21.4. The van der Waals surface area contributed by atoms with Gasteiger partial charge >= 0.3 is 0 Å². The third kappa shape index (κ3) is 3.66. The Labute approximate surface area is 187 Å². The van der Waals surface area contributed by atoms with E-state index >= 15 is 0 Å². The summed E-state index contributed by atoms with van der Waals surface area (Å²) in [5.41, 5.74) is 4.76. The second-order valence-electron chi connectivity index (χ2n) is 8.10. The molecule has 1 aliphatic rings. The van der Waals surface area contributed by atoms with Crippen LogP contribution in [0.3, 0.4) is 0 Å². The maximum Gasteiger partial charge on any atom is 0.300 e. The Morgan fingerprint density at radius 2 is 1.62 bits per heavy atom. The van der Waals surface area contributed by atoms with Crippen LogP contribution in [0, 0.1) is 20.8 Å². The second kappa shape index (κ2) is 8.35. The van der Waals surface area contributed by atoms with Gasteiger partial charge in [-0.25, -0.2) is 0 Å². The molecule has 0 saturated carbocycles. The van der Waals surface area contributed by atoms with E-state index in [1.807, 2.05) is 69.3 Å². The van der Waals surface area contributed by atoms with Gasteiger partial charge in [-0.2, -0.15) is 0 Å². The zero-order chi connectivity index (χ0) is 23.0. The number of nitrogens with zero attached hydrogens (tertiary/aromatic N) is 1. The molecule has 1 saturated heterocycles. The predicted octanol–water partition coefficient (Wildman–Crippen LogP) is 5.25. The number of ether oxygens (including phenoxy) is 1. The summed E-state index contributed by atoms with van der Waals surface area (Å²) in [6, 6.07) is 19.5. The Bertz CT molecular complexity index is 1240. The fourth-order valence-corrected chi connectivity index (χ4v) is 4.14. The van der Waals surface area contributed by atoms with E-state index in [0.717, 1.165) is 22.3 Å². The van der Waals surface area contributed by atoms with Crippen LogP contribution in [-0.4, -0.2) is 23.9 Å². The molecule has 0 aliphatic carbocycles. The molecular formula is C27H25NO4. The molecule has 1 fully saturated rings. The molecule has 162 valence electrons. The van der Waals surface area contributed by atoms with Crippen molar-refractivity contribution in [3.8, 4) is 5.75 Å². The lowest BCUT2D eigenvalue weighted by molar-refractivity contribution is -0.132. The zero-order valence-electron chi connectivity index (χ0n) is 18.5. The first-order valence-electron chi connectivity index (χ1n) is 10.4. The highest BCUT2D eigenvalue weighted by atomic mass is 16.5. The molecule has 3 aromatic carbocycles. The Kier molecular flexibility index (Phi) is 5.57. The second-order valence-corrected chi connectivity index (χ2v) is 8.10. The number of amides is 1. The van der Waals surface area contributed by atoms with E-state index in [1.54, 1.807) is 25.3 Å². The number of hydrogen-bond acceptors (Lipinski definition) is 4. The summed E-state index contributed by atoms with van der Waals surface area (Å²) in [6.45, 7) is 5.77. The first-order chi connectivity index (χ1) is 15.3. The number of methoxy groups -OCH3 is 1. The smallest absolute Gasteiger partial charge is 0.300 e. The van der Waals surface area contributed by atoms with E-state index in [2.05, 4.69) is 0 Å². The van der Waals surface area contributed by atoms with E-state index < -0.39 is 17.7 Å². The van der Waals surface area contributed by atoms with Crippen molar-refractivity contribution in [3.05, 3.63) is 100 Å². The summed E-state index contributed by atoms with van der Waals surface area (Å²) in [5.74, 6) is -0.887. The highest BCUT2D eigenvalue weighted by molar-refractivity contribution is 6.51. The van der Waals surface area contributed by atoms with Crippen LogP contribution in [0.4, 0.5) is 5.69 Å². The van der Waals surface area contributed by atoms with Crippen LogP contribution in [0.2, 0.25) is 0 Å². The minimum Gasteiger partial charge on any atom is -0.507 e. The SMILES string of the molecule is COc1ccc(/C(O)=C2/C(=O)C(=O)N(c3ccc(C)cc3)C2c2cccc(C)c2)cc1C. The summed E-state index contributed by atoms with van der Waals surface area (Å²) in [5, 5.41) is 11.2. The summed E-state index contributed by atoms with van der Waals surface area (Å²) >= 11 is 0. The standard InChI is InChI=1S/C27H25NO4/c1-16-8-11-21(12-9-16)28-24(19-7-5-6-17(2)14-19)23(26(30)27(28)31)25(29)20-10-13-22(32-4)18(3)15-20/h5-15,24,29H,1-4H3/b25-23-. The van der Waals surface area contributed by atoms with Crippen molar-refractivity contribution in [2.24, 2.45) is 0 Å². The number of benzene rings is 3. The van der Waals surface area contributed by atoms with Gasteiger partial charge in [0.25, 0.3) is 11.7 Å². The lowest BCUT2D eigenvalue weighted by Gasteiger charge is -2.26. The van der Waals surface area contributed by atoms with Crippen molar-refractivity contribution in [1.82, 2.24) is 0 Å². The highest BCUT2D eigenvalue weighted by Gasteiger charge is 2.47. The number of aliphatic hydroxyl groups is 1. The molecule has 3 aromatic rings. The van der Waals surface area contributed by atoms with Gasteiger partial charge < -0.3 is 9.84 Å². The van der Waals surface area contributed by atoms with Crippen LogP contribution in [-0.2, 0) is 9.59 Å². The quantitative estimate of drug-likeness (QED) is 0.351. The normalized spacial score (nSPS) is 17.6. The number of anilines is 1. The topological polar surface area (TPSA) is 66.8 Å². The molecule has 32 heavy (non-hydrogen) atoms. The van der Waals surface area contributed by atoms with Gasteiger partial charge in [-0.1, -0.05) is 47.5 Å². The largest absolute Gasteiger partial charge is 0.507 e. The molecule has 1 amide bonds. The lowest BCUT2D eigenvalue weighted by Crippen LogP contribution is -2.29. The minimum absolute atomic E-state index is 0.0748. The monoisotopic (exact) mass is 427 g/mol. The molecular weight excluding hydrogens is 402 g/mol. The van der Waals surface area contributed by atoms with Crippen molar-refractivity contribution in [3.63, 3.8) is 0 Å². The van der Waals surface area contributed by atoms with Crippen LogP contribution in [0.5, 0.6) is 5.75 Å². The molecule has 1 atom stereocenters. The molecule has 0 aromatic heterocycles. The van der Waals surface area contributed by atoms with Crippen LogP contribution in [0.1, 0.15) is 33.9 Å². The first-order valence-corrected chi connectivity index (χ1v) is 10.4. The molecule has 4 rings (SSSR count). The number of hydrogen-bond donors (Lipinski definition) is 1. The number of carbonyl (C=O) groups is 2. The molecule has 1 heterocycles. The van der Waals surface area contributed by atoms with Gasteiger partial charge in [-0.15, -0.1) is 0 Å². The van der Waals surface area contributed by atoms with E-state index in [1.165, 1.54) is 4.90 Å². The average molecular weight is 428 g/mol. The van der Waals surface area contributed by atoms with Gasteiger partial charge in [-0.3, -0.25) is 14.5 Å². The zero-order valence-corrected chi connectivity index (χ0v) is 18.5. The van der Waals surface area contributed by atoms with Gasteiger partial charge in [0.1, 0.15) is 11.5 Å². The number of Topliss-reactive ketones (excluding diaryl/α,β-unsaturated/α-hetero) is 1. The molecule has 5 heteroatoms. The summed E-state index contributed by atoms with van der Waals surface area (Å²) in [6.07, 6.45) is 0. The number of carbonyl (C=O) groups excluding carboxylic acids is 2. The van der Waals surface area contributed by atoms with Gasteiger partial charge in [0, 0.05) is 11.3 Å². The van der Waals surface area contributed by atoms with Crippen LogP contribution in [0.15, 0.2) is 72.3 Å². The van der Waals surface area contributed by atoms with Crippen molar-refractivity contribution >= 4 is 23.1 Å². The Balaban J connectivity index is 1.94. The van der Waals surface area contributed by atoms with Gasteiger partial charge in [0.2, 0.25) is 0 Å². The molecule has 5 nitrogen and oxygen atoms in total. The number of ketones is 1. The maximum absolute atomic E-state index is 13.2. The Morgan fingerprint density at radius 3 is 2.25 bits per heavy atom. The number of rotatable bonds is 4. The van der Waals surface area contributed by atoms with Gasteiger partial charge in [-0.05, 0) is 62.2 Å². The summed E-state index contributed by atoms with van der Waals surface area (Å²) < 4.78 is 5.30. The van der Waals surface area contributed by atoms with E-state index in [4.69, 9.17) is 4.74 Å². The molecule has 0 radical (unpaired) electrons. The van der Waals surface area contributed by atoms with Crippen LogP contribution < -0.4 is 9.64 Å². The van der Waals surface area contributed by atoms with Gasteiger partial charge in [0.05, 0.1) is 18.7 Å². The summed E-state index contributed by atoms with van der Waals surface area (Å²) in [7, 11) is 1.58. The summed E-state index contributed by atoms with van der Waals surface area (Å²) in [4.78, 5) is 27.9. The Hall–Kier alpha value is -3.86. The van der Waals surface area contributed by atoms with Crippen molar-refractivity contribution in [2.45, 2.75) is 26.8 Å². The minimum atomic E-state index is -0.736. The van der Waals surface area contributed by atoms with Crippen molar-refractivity contribution in [1.29, 1.82) is 0 Å². The fraction of sp³-hybridized carbons (Fsp3) is 0.185. The lowest BCUT2D eigenvalue weighted by atomic mass is 9.93. The Morgan fingerprint density at radius 1 is 0.906 bits per heavy atom. The number of aryl methyl sites for hydroxylation is 3. The predicted molar refractivity (Wildman–Crippen MR) is 125 cm³/mol. The van der Waals surface area contributed by atoms with E-state index in [-0.39, 0.29) is 11.3 Å². The molecule has 0 bridgehead atoms. The third-order valence-corrected chi connectivity index (χ3v) is 5.78. The van der Waals surface area contributed by atoms with Crippen molar-refractivity contribution in [2.75, 3.05) is 12.0 Å².